The highest BCUT2D eigenvalue weighted by Gasteiger charge is 2.13. The average Bonchev–Trinajstić information content (AvgIpc) is 2.61. The topological polar surface area (TPSA) is 56.5 Å². The number of rotatable bonds is 8. The van der Waals surface area contributed by atoms with Crippen molar-refractivity contribution in [2.24, 2.45) is 0 Å². The van der Waals surface area contributed by atoms with Crippen LogP contribution < -0.4 is 0 Å². The summed E-state index contributed by atoms with van der Waals surface area (Å²) in [6, 6.07) is 17.6. The van der Waals surface area contributed by atoms with Crippen molar-refractivity contribution in [3.8, 4) is 6.07 Å². The van der Waals surface area contributed by atoms with Crippen molar-refractivity contribution in [1.82, 2.24) is 4.90 Å². The van der Waals surface area contributed by atoms with Crippen molar-refractivity contribution < 1.29 is 14.2 Å². The summed E-state index contributed by atoms with van der Waals surface area (Å²) in [6.45, 7) is 0.905. The van der Waals surface area contributed by atoms with Gasteiger partial charge in [-0.25, -0.2) is 4.39 Å². The molecule has 0 aromatic heterocycles. The number of halogens is 1. The molecule has 0 bridgehead atoms. The molecule has 1 atom stereocenters. The van der Waals surface area contributed by atoms with Gasteiger partial charge < -0.3 is 14.7 Å². The van der Waals surface area contributed by atoms with Crippen molar-refractivity contribution in [3.63, 3.8) is 0 Å². The molecule has 0 aliphatic rings. The molecule has 1 unspecified atom stereocenters. The van der Waals surface area contributed by atoms with Crippen molar-refractivity contribution in [1.29, 1.82) is 5.26 Å². The molecule has 0 aliphatic carbocycles. The number of aliphatic hydroxyl groups excluding tert-OH is 1. The molecule has 0 saturated heterocycles. The molecule has 5 heteroatoms. The van der Waals surface area contributed by atoms with Crippen LogP contribution in [0, 0.1) is 17.1 Å². The summed E-state index contributed by atoms with van der Waals surface area (Å²) in [5.41, 5.74) is 2.37. The summed E-state index contributed by atoms with van der Waals surface area (Å²) in [5.74, 6) is -0.336. The van der Waals surface area contributed by atoms with Crippen molar-refractivity contribution >= 4 is 5.70 Å². The largest absolute Gasteiger partial charge is 0.389 e. The molecule has 2 aromatic carbocycles. The fraction of sp³-hybridized carbons (Fsp3) is 0.250. The van der Waals surface area contributed by atoms with E-state index < -0.39 is 6.10 Å². The van der Waals surface area contributed by atoms with E-state index >= 15 is 0 Å². The second-order valence-corrected chi connectivity index (χ2v) is 5.70. The number of hydrogen-bond donors (Lipinski definition) is 1. The lowest BCUT2D eigenvalue weighted by molar-refractivity contribution is 0.0201. The van der Waals surface area contributed by atoms with Crippen LogP contribution in [0.3, 0.4) is 0 Å². The molecular weight excluding hydrogens is 319 g/mol. The Labute approximate surface area is 147 Å². The predicted molar refractivity (Wildman–Crippen MR) is 94.7 cm³/mol. The first kappa shape index (κ1) is 18.7. The van der Waals surface area contributed by atoms with E-state index in [0.29, 0.717) is 24.4 Å². The lowest BCUT2D eigenvalue weighted by atomic mass is 10.1. The number of benzene rings is 2. The Morgan fingerprint density at radius 1 is 1.24 bits per heavy atom. The first-order chi connectivity index (χ1) is 12.1. The second kappa shape index (κ2) is 9.58. The lowest BCUT2D eigenvalue weighted by Gasteiger charge is -2.25. The van der Waals surface area contributed by atoms with Gasteiger partial charge in [0.2, 0.25) is 0 Å². The third kappa shape index (κ3) is 6.03. The third-order valence-corrected chi connectivity index (χ3v) is 3.66. The van der Waals surface area contributed by atoms with E-state index in [0.717, 1.165) is 5.56 Å². The van der Waals surface area contributed by atoms with Gasteiger partial charge >= 0.3 is 0 Å². The van der Waals surface area contributed by atoms with Crippen LogP contribution in [0.2, 0.25) is 0 Å². The van der Waals surface area contributed by atoms with Crippen LogP contribution in [0.5, 0.6) is 0 Å². The van der Waals surface area contributed by atoms with E-state index in [2.05, 4.69) is 0 Å². The molecule has 0 amide bonds. The molecular formula is C20H21FN2O2. The van der Waals surface area contributed by atoms with Crippen LogP contribution in [0.1, 0.15) is 11.1 Å². The first-order valence-corrected chi connectivity index (χ1v) is 7.96. The van der Waals surface area contributed by atoms with E-state index in [4.69, 9.17) is 10.00 Å². The zero-order valence-corrected chi connectivity index (χ0v) is 14.1. The Balaban J connectivity index is 1.89. The van der Waals surface area contributed by atoms with Crippen LogP contribution in [0.25, 0.3) is 5.70 Å². The van der Waals surface area contributed by atoms with Gasteiger partial charge in [0.15, 0.2) is 0 Å². The highest BCUT2D eigenvalue weighted by atomic mass is 19.1. The summed E-state index contributed by atoms with van der Waals surface area (Å²) >= 11 is 0. The zero-order chi connectivity index (χ0) is 18.1. The van der Waals surface area contributed by atoms with Crippen molar-refractivity contribution in [2.45, 2.75) is 12.7 Å². The van der Waals surface area contributed by atoms with Gasteiger partial charge in [-0.15, -0.1) is 0 Å². The summed E-state index contributed by atoms with van der Waals surface area (Å²) in [7, 11) is 1.77. The molecule has 130 valence electrons. The SMILES string of the molecule is CN(CC(O)COCc1ccccc1)/C(=C/C#N)c1ccc(F)cc1. The van der Waals surface area contributed by atoms with E-state index in [1.54, 1.807) is 24.1 Å². The highest BCUT2D eigenvalue weighted by molar-refractivity contribution is 5.66. The number of nitrogens with zero attached hydrogens (tertiary/aromatic N) is 2. The smallest absolute Gasteiger partial charge is 0.123 e. The van der Waals surface area contributed by atoms with Gasteiger partial charge in [0.1, 0.15) is 5.82 Å². The van der Waals surface area contributed by atoms with Crippen molar-refractivity contribution in [2.75, 3.05) is 20.2 Å². The molecule has 1 N–H and O–H groups in total. The minimum atomic E-state index is -0.712. The molecule has 0 saturated carbocycles. The number of nitriles is 1. The Hall–Kier alpha value is -2.68. The summed E-state index contributed by atoms with van der Waals surface area (Å²) in [5, 5.41) is 19.2. The monoisotopic (exact) mass is 340 g/mol. The van der Waals surface area contributed by atoms with E-state index in [1.807, 2.05) is 36.4 Å². The van der Waals surface area contributed by atoms with Crippen LogP contribution in [-0.2, 0) is 11.3 Å². The maximum absolute atomic E-state index is 13.1. The molecule has 0 radical (unpaired) electrons. The predicted octanol–water partition coefficient (Wildman–Crippen LogP) is 3.20. The van der Waals surface area contributed by atoms with Gasteiger partial charge in [-0.3, -0.25) is 0 Å². The summed E-state index contributed by atoms with van der Waals surface area (Å²) < 4.78 is 18.6. The number of likely N-dealkylation sites (N-methyl/N-ethyl adjacent to an activating group) is 1. The zero-order valence-electron chi connectivity index (χ0n) is 14.1. The van der Waals surface area contributed by atoms with Gasteiger partial charge in [-0.05, 0) is 35.4 Å². The van der Waals surface area contributed by atoms with Crippen molar-refractivity contribution in [3.05, 3.63) is 77.6 Å². The molecule has 0 spiro atoms. The summed E-state index contributed by atoms with van der Waals surface area (Å²) in [6.07, 6.45) is 0.668. The van der Waals surface area contributed by atoms with Gasteiger partial charge in [-0.1, -0.05) is 30.3 Å². The number of allylic oxidation sites excluding steroid dienone is 1. The third-order valence-electron chi connectivity index (χ3n) is 3.66. The number of hydrogen-bond acceptors (Lipinski definition) is 4. The van der Waals surface area contributed by atoms with Crippen LogP contribution >= 0.6 is 0 Å². The van der Waals surface area contributed by atoms with Gasteiger partial charge in [-0.2, -0.15) is 5.26 Å². The second-order valence-electron chi connectivity index (χ2n) is 5.70. The number of ether oxygens (including phenoxy) is 1. The highest BCUT2D eigenvalue weighted by Crippen LogP contribution is 2.18. The Morgan fingerprint density at radius 3 is 2.56 bits per heavy atom. The van der Waals surface area contributed by atoms with E-state index in [1.165, 1.54) is 18.2 Å². The van der Waals surface area contributed by atoms with E-state index in [9.17, 15) is 9.50 Å². The molecule has 2 aromatic rings. The Morgan fingerprint density at radius 2 is 1.92 bits per heavy atom. The van der Waals surface area contributed by atoms with Crippen LogP contribution in [0.15, 0.2) is 60.7 Å². The fourth-order valence-electron chi connectivity index (χ4n) is 2.45. The first-order valence-electron chi connectivity index (χ1n) is 7.96. The number of aliphatic hydroxyl groups is 1. The van der Waals surface area contributed by atoms with E-state index in [-0.39, 0.29) is 12.4 Å². The molecule has 25 heavy (non-hydrogen) atoms. The summed E-state index contributed by atoms with van der Waals surface area (Å²) in [4.78, 5) is 1.76. The average molecular weight is 340 g/mol. The molecule has 2 rings (SSSR count). The Bertz CT molecular complexity index is 724. The van der Waals surface area contributed by atoms with Crippen LogP contribution in [-0.4, -0.2) is 36.3 Å². The Kier molecular flexibility index (Phi) is 7.15. The molecule has 0 aliphatic heterocycles. The maximum Gasteiger partial charge on any atom is 0.123 e. The minimum Gasteiger partial charge on any atom is -0.389 e. The quantitative estimate of drug-likeness (QED) is 0.750. The lowest BCUT2D eigenvalue weighted by Crippen LogP contribution is -2.31. The molecule has 0 fully saturated rings. The van der Waals surface area contributed by atoms with Gasteiger partial charge in [0, 0.05) is 19.7 Å². The maximum atomic E-state index is 13.1. The fourth-order valence-corrected chi connectivity index (χ4v) is 2.45. The standard InChI is InChI=1S/C20H21FN2O2/c1-23(20(11-12-22)17-7-9-18(21)10-8-17)13-19(24)15-25-14-16-5-3-2-4-6-16/h2-11,19,24H,13-15H2,1H3/b20-11+. The van der Waals surface area contributed by atoms with Gasteiger partial charge in [0.05, 0.1) is 31.1 Å². The molecule has 4 nitrogen and oxygen atoms in total. The van der Waals surface area contributed by atoms with Crippen LogP contribution in [0.4, 0.5) is 4.39 Å². The molecule has 0 heterocycles. The minimum absolute atomic E-state index is 0.183. The normalized spacial score (nSPS) is 12.5. The van der Waals surface area contributed by atoms with Gasteiger partial charge in [0.25, 0.3) is 0 Å².